The molecule has 1 fully saturated rings. The van der Waals surface area contributed by atoms with E-state index in [1.54, 1.807) is 0 Å². The van der Waals surface area contributed by atoms with Gasteiger partial charge in [-0.2, -0.15) is 13.2 Å². The molecule has 1 amide bonds. The van der Waals surface area contributed by atoms with Crippen LogP contribution in [0.1, 0.15) is 43.9 Å². The van der Waals surface area contributed by atoms with Gasteiger partial charge < -0.3 is 9.47 Å². The predicted octanol–water partition coefficient (Wildman–Crippen LogP) is 1.43. The second-order valence-corrected chi connectivity index (χ2v) is 6.19. The number of nitrogens with one attached hydrogen (secondary N) is 1. The second kappa shape index (κ2) is 6.10. The number of carbonyl (C=O) groups is 1. The van der Waals surface area contributed by atoms with Gasteiger partial charge in [-0.3, -0.25) is 10.1 Å². The van der Waals surface area contributed by atoms with Gasteiger partial charge in [0.1, 0.15) is 18.2 Å². The van der Waals surface area contributed by atoms with Crippen LogP contribution in [0.5, 0.6) is 0 Å². The molecule has 0 aromatic carbocycles. The molecule has 3 heterocycles. The van der Waals surface area contributed by atoms with E-state index in [1.165, 1.54) is 0 Å². The first-order valence-electron chi connectivity index (χ1n) is 7.89. The van der Waals surface area contributed by atoms with Crippen LogP contribution in [-0.4, -0.2) is 50.9 Å². The van der Waals surface area contributed by atoms with Gasteiger partial charge in [0.05, 0.1) is 12.1 Å². The van der Waals surface area contributed by atoms with E-state index < -0.39 is 24.7 Å². The fourth-order valence-corrected chi connectivity index (χ4v) is 3.29. The van der Waals surface area contributed by atoms with Gasteiger partial charge in [0, 0.05) is 19.5 Å². The minimum Gasteiger partial charge on any atom is -0.332 e. The third-order valence-corrected chi connectivity index (χ3v) is 4.39. The highest BCUT2D eigenvalue weighted by molar-refractivity contribution is 5.84. The molecule has 9 heteroatoms. The Kier molecular flexibility index (Phi) is 4.31. The van der Waals surface area contributed by atoms with E-state index in [2.05, 4.69) is 15.5 Å². The molecule has 128 valence electrons. The van der Waals surface area contributed by atoms with E-state index in [-0.39, 0.29) is 12.6 Å². The Morgan fingerprint density at radius 1 is 1.30 bits per heavy atom. The van der Waals surface area contributed by atoms with E-state index in [0.29, 0.717) is 6.42 Å². The number of alkyl halides is 3. The molecule has 2 aliphatic rings. The number of aromatic nitrogens is 3. The zero-order valence-electron chi connectivity index (χ0n) is 12.9. The van der Waals surface area contributed by atoms with Crippen molar-refractivity contribution in [2.24, 2.45) is 0 Å². The fourth-order valence-electron chi connectivity index (χ4n) is 3.29. The van der Waals surface area contributed by atoms with Gasteiger partial charge in [-0.25, -0.2) is 0 Å². The molecular formula is C14H20F3N5O. The molecule has 1 aromatic heterocycles. The summed E-state index contributed by atoms with van der Waals surface area (Å²) in [5, 5.41) is 11.5. The number of hydrogen-bond acceptors (Lipinski definition) is 4. The van der Waals surface area contributed by atoms with Gasteiger partial charge in [-0.15, -0.1) is 10.2 Å². The van der Waals surface area contributed by atoms with E-state index in [0.717, 1.165) is 42.4 Å². The maximum Gasteiger partial charge on any atom is 0.406 e. The smallest absolute Gasteiger partial charge is 0.332 e. The van der Waals surface area contributed by atoms with Crippen LogP contribution >= 0.6 is 0 Å². The SMILES string of the molecule is C[C@@H](N[C@H]1CCN(CC(F)(F)F)C1=O)c1nnc2n1CCCC2. The first-order valence-corrected chi connectivity index (χ1v) is 7.89. The average Bonchev–Trinajstić information content (AvgIpc) is 3.04. The summed E-state index contributed by atoms with van der Waals surface area (Å²) in [7, 11) is 0. The monoisotopic (exact) mass is 331 g/mol. The fraction of sp³-hybridized carbons (Fsp3) is 0.786. The maximum absolute atomic E-state index is 12.4. The van der Waals surface area contributed by atoms with Crippen LogP contribution < -0.4 is 5.32 Å². The third kappa shape index (κ3) is 3.49. The minimum atomic E-state index is -4.36. The molecule has 1 N–H and O–H groups in total. The molecule has 0 aliphatic carbocycles. The Hall–Kier alpha value is -1.64. The zero-order valence-corrected chi connectivity index (χ0v) is 12.9. The largest absolute Gasteiger partial charge is 0.406 e. The van der Waals surface area contributed by atoms with Crippen LogP contribution in [0.2, 0.25) is 0 Å². The second-order valence-electron chi connectivity index (χ2n) is 6.19. The lowest BCUT2D eigenvalue weighted by atomic mass is 10.1. The lowest BCUT2D eigenvalue weighted by Crippen LogP contribution is -2.42. The number of nitrogens with zero attached hydrogens (tertiary/aromatic N) is 4. The highest BCUT2D eigenvalue weighted by Crippen LogP contribution is 2.23. The molecule has 2 atom stereocenters. The number of halogens is 3. The third-order valence-electron chi connectivity index (χ3n) is 4.39. The van der Waals surface area contributed by atoms with Crippen molar-refractivity contribution in [3.8, 4) is 0 Å². The molecule has 0 unspecified atom stereocenters. The quantitative estimate of drug-likeness (QED) is 0.907. The molecule has 1 aromatic rings. The first-order chi connectivity index (χ1) is 10.8. The standard InChI is InChI=1S/C14H20F3N5O/c1-9(12-20-19-11-4-2-3-6-22(11)12)18-10-5-7-21(13(10)23)8-14(15,16)17/h9-10,18H,2-8H2,1H3/t9-,10+/m1/s1. The molecule has 0 spiro atoms. The van der Waals surface area contributed by atoms with Crippen molar-refractivity contribution in [3.05, 3.63) is 11.6 Å². The number of hydrogen-bond donors (Lipinski definition) is 1. The maximum atomic E-state index is 12.4. The van der Waals surface area contributed by atoms with Crippen molar-refractivity contribution in [2.75, 3.05) is 13.1 Å². The Bertz CT molecular complexity index is 585. The van der Waals surface area contributed by atoms with Gasteiger partial charge in [-0.05, 0) is 26.2 Å². The Labute approximate surface area is 132 Å². The average molecular weight is 331 g/mol. The molecule has 3 rings (SSSR count). The van der Waals surface area contributed by atoms with Gasteiger partial charge in [0.25, 0.3) is 0 Å². The first kappa shape index (κ1) is 16.2. The molecule has 0 saturated carbocycles. The van der Waals surface area contributed by atoms with Crippen molar-refractivity contribution in [1.82, 2.24) is 25.0 Å². The minimum absolute atomic E-state index is 0.126. The van der Waals surface area contributed by atoms with E-state index in [1.807, 2.05) is 11.5 Å². The van der Waals surface area contributed by atoms with Crippen molar-refractivity contribution >= 4 is 5.91 Å². The summed E-state index contributed by atoms with van der Waals surface area (Å²) < 4.78 is 39.4. The summed E-state index contributed by atoms with van der Waals surface area (Å²) >= 11 is 0. The van der Waals surface area contributed by atoms with Crippen molar-refractivity contribution < 1.29 is 18.0 Å². The molecule has 2 aliphatic heterocycles. The molecule has 23 heavy (non-hydrogen) atoms. The summed E-state index contributed by atoms with van der Waals surface area (Å²) in [5.41, 5.74) is 0. The lowest BCUT2D eigenvalue weighted by Gasteiger charge is -2.22. The zero-order chi connectivity index (χ0) is 16.6. The number of rotatable bonds is 4. The number of likely N-dealkylation sites (tertiary alicyclic amines) is 1. The van der Waals surface area contributed by atoms with Gasteiger partial charge in [0.15, 0.2) is 0 Å². The molecule has 6 nitrogen and oxygen atoms in total. The molecule has 1 saturated heterocycles. The summed E-state index contributed by atoms with van der Waals surface area (Å²) in [4.78, 5) is 13.0. The Morgan fingerprint density at radius 3 is 2.83 bits per heavy atom. The topological polar surface area (TPSA) is 63.1 Å². The summed E-state index contributed by atoms with van der Waals surface area (Å²) in [6, 6.07) is -0.821. The number of fused-ring (bicyclic) bond motifs is 1. The van der Waals surface area contributed by atoms with Crippen LogP contribution in [0, 0.1) is 0 Å². The Morgan fingerprint density at radius 2 is 2.09 bits per heavy atom. The van der Waals surface area contributed by atoms with Crippen LogP contribution in [-0.2, 0) is 17.8 Å². The lowest BCUT2D eigenvalue weighted by molar-refractivity contribution is -0.158. The van der Waals surface area contributed by atoms with Crippen LogP contribution in [0.15, 0.2) is 0 Å². The molecular weight excluding hydrogens is 311 g/mol. The van der Waals surface area contributed by atoms with Gasteiger partial charge in [-0.1, -0.05) is 0 Å². The summed E-state index contributed by atoms with van der Waals surface area (Å²) in [5.74, 6) is 1.20. The highest BCUT2D eigenvalue weighted by atomic mass is 19.4. The van der Waals surface area contributed by atoms with Gasteiger partial charge >= 0.3 is 6.18 Å². The number of amides is 1. The van der Waals surface area contributed by atoms with Crippen molar-refractivity contribution in [3.63, 3.8) is 0 Å². The van der Waals surface area contributed by atoms with Crippen LogP contribution in [0.3, 0.4) is 0 Å². The van der Waals surface area contributed by atoms with Crippen LogP contribution in [0.25, 0.3) is 0 Å². The van der Waals surface area contributed by atoms with E-state index in [9.17, 15) is 18.0 Å². The molecule has 0 bridgehead atoms. The van der Waals surface area contributed by atoms with E-state index in [4.69, 9.17) is 0 Å². The highest BCUT2D eigenvalue weighted by Gasteiger charge is 2.40. The number of aryl methyl sites for hydroxylation is 1. The normalized spacial score (nSPS) is 23.2. The van der Waals surface area contributed by atoms with E-state index >= 15 is 0 Å². The van der Waals surface area contributed by atoms with Crippen molar-refractivity contribution in [1.29, 1.82) is 0 Å². The number of carbonyl (C=O) groups excluding carboxylic acids is 1. The summed E-state index contributed by atoms with van der Waals surface area (Å²) in [6.45, 7) is 1.66. The predicted molar refractivity (Wildman–Crippen MR) is 75.6 cm³/mol. The summed E-state index contributed by atoms with van der Waals surface area (Å²) in [6.07, 6.45) is -0.941. The van der Waals surface area contributed by atoms with Gasteiger partial charge in [0.2, 0.25) is 5.91 Å². The van der Waals surface area contributed by atoms with Crippen LogP contribution in [0.4, 0.5) is 13.2 Å². The Balaban J connectivity index is 1.63. The molecule has 0 radical (unpaired) electrons. The van der Waals surface area contributed by atoms with Crippen molar-refractivity contribution in [2.45, 2.75) is 57.4 Å².